The molecular weight excluding hydrogens is 456 g/mol. The second kappa shape index (κ2) is 10.5. The normalized spacial score (nSPS) is 10.8. The van der Waals surface area contributed by atoms with Gasteiger partial charge in [0.15, 0.2) is 23.8 Å². The molecule has 0 saturated carbocycles. The number of hydrogen-bond acceptors (Lipinski definition) is 8. The first-order valence-electron chi connectivity index (χ1n) is 10.6. The minimum Gasteiger partial charge on any atom is -0.493 e. The summed E-state index contributed by atoms with van der Waals surface area (Å²) in [7, 11) is 1.52. The van der Waals surface area contributed by atoms with E-state index in [4.69, 9.17) is 9.47 Å². The average molecular weight is 478 g/mol. The van der Waals surface area contributed by atoms with Crippen molar-refractivity contribution in [1.29, 1.82) is 0 Å². The lowest BCUT2D eigenvalue weighted by atomic mass is 10.2. The maximum Gasteiger partial charge on any atom is 0.269 e. The summed E-state index contributed by atoms with van der Waals surface area (Å²) in [6.45, 7) is 0.611. The Morgan fingerprint density at radius 3 is 2.60 bits per heavy atom. The van der Waals surface area contributed by atoms with Crippen LogP contribution in [0.4, 0.5) is 5.69 Å². The van der Waals surface area contributed by atoms with Crippen LogP contribution in [0, 0.1) is 10.1 Å². The third kappa shape index (κ3) is 5.43. The molecule has 180 valence electrons. The Hall–Kier alpha value is -4.74. The number of methoxy groups -OCH3 is 1. The zero-order valence-electron chi connectivity index (χ0n) is 18.8. The Bertz CT molecular complexity index is 1410. The van der Waals surface area contributed by atoms with E-state index in [-0.39, 0.29) is 36.9 Å². The highest BCUT2D eigenvalue weighted by Gasteiger charge is 2.12. The molecule has 1 N–H and O–H groups in total. The lowest BCUT2D eigenvalue weighted by Gasteiger charge is -2.10. The van der Waals surface area contributed by atoms with Crippen LogP contribution in [0.5, 0.6) is 11.5 Å². The van der Waals surface area contributed by atoms with Gasteiger partial charge in [-0.25, -0.2) is 9.67 Å². The summed E-state index contributed by atoms with van der Waals surface area (Å²) in [4.78, 5) is 39.6. The fourth-order valence-electron chi connectivity index (χ4n) is 3.43. The molecule has 0 spiro atoms. The number of aromatic nitrogens is 4. The van der Waals surface area contributed by atoms with Crippen molar-refractivity contribution in [3.05, 3.63) is 87.1 Å². The summed E-state index contributed by atoms with van der Waals surface area (Å²) in [5, 5.41) is 18.1. The number of ether oxygens (including phenoxy) is 2. The fraction of sp³-hybridized carbons (Fsp3) is 0.217. The van der Waals surface area contributed by atoms with Crippen molar-refractivity contribution in [2.45, 2.75) is 13.1 Å². The quantitative estimate of drug-likeness (QED) is 0.268. The van der Waals surface area contributed by atoms with E-state index in [1.807, 2.05) is 0 Å². The maximum atomic E-state index is 12.8. The minimum absolute atomic E-state index is 0.0191. The maximum absolute atomic E-state index is 12.8. The van der Waals surface area contributed by atoms with Gasteiger partial charge < -0.3 is 14.8 Å². The number of nitro benzene ring substituents is 1. The van der Waals surface area contributed by atoms with Crippen LogP contribution >= 0.6 is 0 Å². The Morgan fingerprint density at radius 1 is 1.14 bits per heavy atom. The number of nitrogens with one attached hydrogen (secondary N) is 1. The van der Waals surface area contributed by atoms with Gasteiger partial charge in [0.05, 0.1) is 31.3 Å². The molecule has 0 aliphatic heterocycles. The highest BCUT2D eigenvalue weighted by atomic mass is 16.6. The molecule has 4 rings (SSSR count). The molecule has 12 nitrogen and oxygen atoms in total. The van der Waals surface area contributed by atoms with Crippen LogP contribution in [0.25, 0.3) is 11.0 Å². The van der Waals surface area contributed by atoms with Gasteiger partial charge in [-0.3, -0.25) is 24.3 Å². The van der Waals surface area contributed by atoms with Crippen molar-refractivity contribution in [3.8, 4) is 11.5 Å². The number of carbonyl (C=O) groups is 1. The lowest BCUT2D eigenvalue weighted by molar-refractivity contribution is -0.384. The summed E-state index contributed by atoms with van der Waals surface area (Å²) in [6.07, 6.45) is 2.84. The molecule has 2 aromatic carbocycles. The van der Waals surface area contributed by atoms with Crippen molar-refractivity contribution < 1.29 is 19.2 Å². The monoisotopic (exact) mass is 478 g/mol. The number of non-ortho nitro benzene ring substituents is 1. The van der Waals surface area contributed by atoms with Crippen LogP contribution < -0.4 is 20.3 Å². The van der Waals surface area contributed by atoms with Gasteiger partial charge in [0.1, 0.15) is 11.7 Å². The van der Waals surface area contributed by atoms with Crippen molar-refractivity contribution in [3.63, 3.8) is 0 Å². The van der Waals surface area contributed by atoms with Gasteiger partial charge in [0.25, 0.3) is 17.2 Å². The first kappa shape index (κ1) is 23.4. The number of fused-ring (bicyclic) bond motifs is 1. The molecule has 12 heteroatoms. The number of rotatable bonds is 10. The van der Waals surface area contributed by atoms with E-state index in [2.05, 4.69) is 15.4 Å². The molecule has 35 heavy (non-hydrogen) atoms. The standard InChI is InChI=1S/C23H22N6O6/c1-34-19-4-2-3-5-20(19)35-14-21(30)24-10-11-28-22-18(12-26-28)23(31)27(15-25-22)13-16-6-8-17(9-7-16)29(32)33/h2-9,12,15H,10-11,13-14H2,1H3,(H,24,30). The molecule has 0 fully saturated rings. The number of hydrogen-bond donors (Lipinski definition) is 1. The van der Waals surface area contributed by atoms with Crippen LogP contribution in [0.2, 0.25) is 0 Å². The van der Waals surface area contributed by atoms with Gasteiger partial charge in [0.2, 0.25) is 0 Å². The molecule has 2 heterocycles. The zero-order valence-corrected chi connectivity index (χ0v) is 18.8. The molecule has 0 aliphatic rings. The van der Waals surface area contributed by atoms with Crippen molar-refractivity contribution in [2.24, 2.45) is 0 Å². The number of para-hydroxylation sites is 2. The van der Waals surface area contributed by atoms with Gasteiger partial charge in [-0.05, 0) is 17.7 Å². The molecule has 4 aromatic rings. The van der Waals surface area contributed by atoms with Gasteiger partial charge in [-0.1, -0.05) is 24.3 Å². The number of carbonyl (C=O) groups excluding carboxylic acids is 1. The van der Waals surface area contributed by atoms with Crippen LogP contribution in [-0.2, 0) is 17.9 Å². The minimum atomic E-state index is -0.478. The summed E-state index contributed by atoms with van der Waals surface area (Å²) in [5.74, 6) is 0.692. The second-order valence-electron chi connectivity index (χ2n) is 7.50. The van der Waals surface area contributed by atoms with E-state index in [1.54, 1.807) is 36.4 Å². The van der Waals surface area contributed by atoms with E-state index in [0.29, 0.717) is 29.1 Å². The Kier molecular flexibility index (Phi) is 7.00. The van der Waals surface area contributed by atoms with E-state index in [0.717, 1.165) is 5.56 Å². The highest BCUT2D eigenvalue weighted by molar-refractivity contribution is 5.77. The predicted molar refractivity (Wildman–Crippen MR) is 125 cm³/mol. The van der Waals surface area contributed by atoms with E-state index < -0.39 is 4.92 Å². The topological polar surface area (TPSA) is 143 Å². The van der Waals surface area contributed by atoms with Crippen molar-refractivity contribution in [2.75, 3.05) is 20.3 Å². The van der Waals surface area contributed by atoms with Gasteiger partial charge in [-0.2, -0.15) is 5.10 Å². The zero-order chi connectivity index (χ0) is 24.8. The molecule has 1 amide bonds. The fourth-order valence-corrected chi connectivity index (χ4v) is 3.43. The van der Waals surface area contributed by atoms with Crippen LogP contribution in [0.3, 0.4) is 0 Å². The Labute approximate surface area is 198 Å². The highest BCUT2D eigenvalue weighted by Crippen LogP contribution is 2.25. The van der Waals surface area contributed by atoms with Crippen LogP contribution in [0.15, 0.2) is 65.8 Å². The van der Waals surface area contributed by atoms with E-state index in [1.165, 1.54) is 41.0 Å². The Morgan fingerprint density at radius 2 is 1.89 bits per heavy atom. The van der Waals surface area contributed by atoms with Crippen molar-refractivity contribution in [1.82, 2.24) is 24.6 Å². The molecule has 0 aliphatic carbocycles. The van der Waals surface area contributed by atoms with E-state index >= 15 is 0 Å². The summed E-state index contributed by atoms with van der Waals surface area (Å²) in [6, 6.07) is 13.0. The average Bonchev–Trinajstić information content (AvgIpc) is 3.28. The first-order chi connectivity index (χ1) is 17.0. The predicted octanol–water partition coefficient (Wildman–Crippen LogP) is 1.75. The third-order valence-corrected chi connectivity index (χ3v) is 5.20. The second-order valence-corrected chi connectivity index (χ2v) is 7.50. The number of nitro groups is 1. The SMILES string of the molecule is COc1ccccc1OCC(=O)NCCn1ncc2c(=O)n(Cc3ccc([N+](=O)[O-])cc3)cnc21. The van der Waals surface area contributed by atoms with Gasteiger partial charge in [-0.15, -0.1) is 0 Å². The molecule has 2 aromatic heterocycles. The number of benzene rings is 2. The largest absolute Gasteiger partial charge is 0.493 e. The molecule has 0 saturated heterocycles. The van der Waals surface area contributed by atoms with Gasteiger partial charge >= 0.3 is 0 Å². The molecular formula is C23H22N6O6. The number of amides is 1. The summed E-state index contributed by atoms with van der Waals surface area (Å²) in [5.41, 5.74) is 0.821. The smallest absolute Gasteiger partial charge is 0.269 e. The molecule has 0 radical (unpaired) electrons. The number of nitrogens with zero attached hydrogens (tertiary/aromatic N) is 5. The molecule has 0 unspecified atom stereocenters. The molecule has 0 bridgehead atoms. The third-order valence-electron chi connectivity index (χ3n) is 5.20. The summed E-state index contributed by atoms with van der Waals surface area (Å²) >= 11 is 0. The first-order valence-corrected chi connectivity index (χ1v) is 10.6. The van der Waals surface area contributed by atoms with Crippen LogP contribution in [0.1, 0.15) is 5.56 Å². The van der Waals surface area contributed by atoms with Crippen molar-refractivity contribution >= 4 is 22.6 Å². The van der Waals surface area contributed by atoms with E-state index in [9.17, 15) is 19.7 Å². The molecule has 0 atom stereocenters. The van der Waals surface area contributed by atoms with Crippen LogP contribution in [-0.4, -0.2) is 50.4 Å². The van der Waals surface area contributed by atoms with Gasteiger partial charge in [0, 0.05) is 18.7 Å². The lowest BCUT2D eigenvalue weighted by Crippen LogP contribution is -2.32. The summed E-state index contributed by atoms with van der Waals surface area (Å²) < 4.78 is 13.6. The Balaban J connectivity index is 1.35.